The van der Waals surface area contributed by atoms with Gasteiger partial charge in [0.2, 0.25) is 6.29 Å². The van der Waals surface area contributed by atoms with Crippen molar-refractivity contribution in [1.29, 1.82) is 0 Å². The summed E-state index contributed by atoms with van der Waals surface area (Å²) in [6.45, 7) is 1.86. The zero-order valence-electron chi connectivity index (χ0n) is 11.7. The quantitative estimate of drug-likeness (QED) is 0.599. The molecule has 2 heterocycles. The fourth-order valence-corrected chi connectivity index (χ4v) is 3.15. The molecule has 3 aliphatic rings. The third-order valence-electron chi connectivity index (χ3n) is 4.21. The number of rotatable bonds is 2. The number of fused-ring (bicyclic) bond motifs is 2. The van der Waals surface area contributed by atoms with Crippen molar-refractivity contribution in [3.05, 3.63) is 35.6 Å². The zero-order chi connectivity index (χ0) is 15.2. The first-order valence-electron chi connectivity index (χ1n) is 6.78. The van der Waals surface area contributed by atoms with Gasteiger partial charge in [-0.25, -0.2) is 9.59 Å². The van der Waals surface area contributed by atoms with Crippen molar-refractivity contribution < 1.29 is 28.9 Å². The number of esters is 2. The van der Waals surface area contributed by atoms with Crippen LogP contribution in [0.2, 0.25) is 0 Å². The lowest BCUT2D eigenvalue weighted by Crippen LogP contribution is -2.46. The van der Waals surface area contributed by atoms with E-state index < -0.39 is 35.7 Å². The lowest BCUT2D eigenvalue weighted by atomic mass is 9.79. The number of ether oxygens (including phenoxy) is 3. The normalized spacial score (nSPS) is 36.7. The van der Waals surface area contributed by atoms with Gasteiger partial charge < -0.3 is 19.3 Å². The Morgan fingerprint density at radius 2 is 2.29 bits per heavy atom. The molecule has 0 radical (unpaired) electrons. The summed E-state index contributed by atoms with van der Waals surface area (Å²) in [6, 6.07) is 0. The summed E-state index contributed by atoms with van der Waals surface area (Å²) in [7, 11) is 1.28. The van der Waals surface area contributed by atoms with Crippen LogP contribution >= 0.6 is 0 Å². The topological polar surface area (TPSA) is 82.1 Å². The highest BCUT2D eigenvalue weighted by molar-refractivity contribution is 5.93. The number of carbonyl (C=O) groups is 2. The molecule has 6 heteroatoms. The van der Waals surface area contributed by atoms with Gasteiger partial charge in [0.1, 0.15) is 0 Å². The van der Waals surface area contributed by atoms with E-state index in [0.717, 1.165) is 0 Å². The summed E-state index contributed by atoms with van der Waals surface area (Å²) < 4.78 is 15.3. The van der Waals surface area contributed by atoms with Crippen LogP contribution in [0.5, 0.6) is 0 Å². The van der Waals surface area contributed by atoms with Crippen LogP contribution in [-0.2, 0) is 23.8 Å². The minimum Gasteiger partial charge on any atom is -0.472 e. The third kappa shape index (κ3) is 1.90. The molecule has 1 aliphatic carbocycles. The number of carbonyl (C=O) groups excluding carboxylic acids is 2. The van der Waals surface area contributed by atoms with Crippen LogP contribution in [0.3, 0.4) is 0 Å². The Bertz CT molecular complexity index is 587. The predicted octanol–water partition coefficient (Wildman–Crippen LogP) is 0.826. The monoisotopic (exact) mass is 292 g/mol. The molecule has 21 heavy (non-hydrogen) atoms. The van der Waals surface area contributed by atoms with Gasteiger partial charge in [-0.3, -0.25) is 0 Å². The summed E-state index contributed by atoms with van der Waals surface area (Å²) in [4.78, 5) is 23.7. The van der Waals surface area contributed by atoms with Crippen molar-refractivity contribution in [2.24, 2.45) is 11.8 Å². The number of hydrogen-bond acceptors (Lipinski definition) is 6. The smallest absolute Gasteiger partial charge is 0.337 e. The van der Waals surface area contributed by atoms with Crippen LogP contribution in [0.1, 0.15) is 13.3 Å². The van der Waals surface area contributed by atoms with Gasteiger partial charge >= 0.3 is 11.9 Å². The number of aliphatic hydroxyl groups is 1. The van der Waals surface area contributed by atoms with E-state index in [0.29, 0.717) is 17.6 Å². The van der Waals surface area contributed by atoms with E-state index in [9.17, 15) is 14.7 Å². The molecular formula is C15H16O6. The molecule has 0 saturated heterocycles. The number of allylic oxidation sites excluding steroid dienone is 1. The maximum absolute atomic E-state index is 11.9. The van der Waals surface area contributed by atoms with E-state index in [1.165, 1.54) is 13.4 Å². The zero-order valence-corrected chi connectivity index (χ0v) is 11.7. The molecular weight excluding hydrogens is 276 g/mol. The van der Waals surface area contributed by atoms with Gasteiger partial charge in [0, 0.05) is 11.5 Å². The van der Waals surface area contributed by atoms with Crippen LogP contribution in [0.4, 0.5) is 0 Å². The van der Waals surface area contributed by atoms with Gasteiger partial charge in [-0.2, -0.15) is 0 Å². The minimum atomic E-state index is -1.17. The van der Waals surface area contributed by atoms with Crippen LogP contribution in [-0.4, -0.2) is 36.0 Å². The first kappa shape index (κ1) is 13.9. The highest BCUT2D eigenvalue weighted by atomic mass is 16.6. The van der Waals surface area contributed by atoms with Crippen molar-refractivity contribution in [3.8, 4) is 0 Å². The minimum absolute atomic E-state index is 0.301. The molecule has 0 unspecified atom stereocenters. The van der Waals surface area contributed by atoms with Gasteiger partial charge in [-0.1, -0.05) is 13.0 Å². The Hall–Kier alpha value is -2.08. The molecule has 0 aromatic carbocycles. The summed E-state index contributed by atoms with van der Waals surface area (Å²) in [5, 5.41) is 10.1. The first-order chi connectivity index (χ1) is 10.0. The second-order valence-electron chi connectivity index (χ2n) is 5.27. The van der Waals surface area contributed by atoms with Crippen LogP contribution in [0.15, 0.2) is 35.6 Å². The molecule has 1 N–H and O–H groups in total. The molecule has 1 spiro atoms. The molecule has 2 aliphatic heterocycles. The second kappa shape index (κ2) is 4.73. The van der Waals surface area contributed by atoms with Crippen LogP contribution < -0.4 is 0 Å². The molecule has 6 nitrogen and oxygen atoms in total. The second-order valence-corrected chi connectivity index (χ2v) is 5.27. The molecule has 0 bridgehead atoms. The Balaban J connectivity index is 1.99. The highest BCUT2D eigenvalue weighted by Crippen LogP contribution is 2.49. The number of aliphatic hydroxyl groups excluding tert-OH is 1. The van der Waals surface area contributed by atoms with Crippen molar-refractivity contribution in [1.82, 2.24) is 0 Å². The van der Waals surface area contributed by atoms with E-state index in [2.05, 4.69) is 0 Å². The SMILES string of the molecule is CCC1=C[C@]2(C=C[C@H]3C(C(=O)OC)=CO[C@H](O)[C@@H]32)OC1=O. The van der Waals surface area contributed by atoms with E-state index in [1.807, 2.05) is 6.92 Å². The molecule has 4 atom stereocenters. The summed E-state index contributed by atoms with van der Waals surface area (Å²) >= 11 is 0. The van der Waals surface area contributed by atoms with Gasteiger partial charge in [-0.05, 0) is 18.6 Å². The average Bonchev–Trinajstić information content (AvgIpc) is 3.00. The first-order valence-corrected chi connectivity index (χ1v) is 6.78. The number of methoxy groups -OCH3 is 1. The summed E-state index contributed by atoms with van der Waals surface area (Å²) in [5.41, 5.74) is -0.197. The Kier molecular flexibility index (Phi) is 3.13. The number of hydrogen-bond donors (Lipinski definition) is 1. The molecule has 0 saturated carbocycles. The van der Waals surface area contributed by atoms with Crippen LogP contribution in [0, 0.1) is 11.8 Å². The molecule has 0 aromatic heterocycles. The van der Waals surface area contributed by atoms with E-state index in [1.54, 1.807) is 18.2 Å². The molecule has 112 valence electrons. The largest absolute Gasteiger partial charge is 0.472 e. The highest BCUT2D eigenvalue weighted by Gasteiger charge is 2.57. The average molecular weight is 292 g/mol. The van der Waals surface area contributed by atoms with Crippen molar-refractivity contribution in [2.75, 3.05) is 7.11 Å². The lowest BCUT2D eigenvalue weighted by molar-refractivity contribution is -0.172. The Labute approximate surface area is 121 Å². The predicted molar refractivity (Wildman–Crippen MR) is 70.5 cm³/mol. The maximum Gasteiger partial charge on any atom is 0.337 e. The molecule has 0 aromatic rings. The Morgan fingerprint density at radius 1 is 1.52 bits per heavy atom. The fraction of sp³-hybridized carbons (Fsp3) is 0.467. The van der Waals surface area contributed by atoms with Gasteiger partial charge in [0.25, 0.3) is 0 Å². The van der Waals surface area contributed by atoms with Crippen molar-refractivity contribution >= 4 is 11.9 Å². The standard InChI is InChI=1S/C15H16O6/c1-3-8-6-15(21-12(8)16)5-4-9-10(13(17)19-2)7-20-14(18)11(9)15/h4-7,9,11,14,18H,3H2,1-2H3/t9-,11+,14-,15-/m0/s1. The molecule has 3 rings (SSSR count). The van der Waals surface area contributed by atoms with Gasteiger partial charge in [-0.15, -0.1) is 0 Å². The van der Waals surface area contributed by atoms with E-state index >= 15 is 0 Å². The van der Waals surface area contributed by atoms with E-state index in [-0.39, 0.29) is 0 Å². The summed E-state index contributed by atoms with van der Waals surface area (Å²) in [6.07, 6.45) is 5.76. The molecule has 0 fully saturated rings. The summed E-state index contributed by atoms with van der Waals surface area (Å²) in [5.74, 6) is -1.93. The maximum atomic E-state index is 11.9. The fourth-order valence-electron chi connectivity index (χ4n) is 3.15. The van der Waals surface area contributed by atoms with Crippen molar-refractivity contribution in [2.45, 2.75) is 25.2 Å². The lowest BCUT2D eigenvalue weighted by Gasteiger charge is -2.37. The third-order valence-corrected chi connectivity index (χ3v) is 4.21. The van der Waals surface area contributed by atoms with Crippen molar-refractivity contribution in [3.63, 3.8) is 0 Å². The van der Waals surface area contributed by atoms with Crippen LogP contribution in [0.25, 0.3) is 0 Å². The van der Waals surface area contributed by atoms with Gasteiger partial charge in [0.05, 0.1) is 24.9 Å². The molecule has 0 amide bonds. The van der Waals surface area contributed by atoms with Gasteiger partial charge in [0.15, 0.2) is 5.60 Å². The Morgan fingerprint density at radius 3 is 2.90 bits per heavy atom. The van der Waals surface area contributed by atoms with E-state index in [4.69, 9.17) is 14.2 Å².